The van der Waals surface area contributed by atoms with Crippen molar-refractivity contribution in [3.05, 3.63) is 47.2 Å². The number of hydrogen-bond acceptors (Lipinski definition) is 5. The maximum Gasteiger partial charge on any atom is 0.314 e. The van der Waals surface area contributed by atoms with Gasteiger partial charge in [0.15, 0.2) is 9.84 Å². The van der Waals surface area contributed by atoms with E-state index in [-0.39, 0.29) is 23.4 Å². The van der Waals surface area contributed by atoms with Crippen molar-refractivity contribution in [2.75, 3.05) is 5.32 Å². The van der Waals surface area contributed by atoms with Gasteiger partial charge in [-0.2, -0.15) is 5.10 Å². The Balaban J connectivity index is 1.81. The molecule has 1 aliphatic heterocycles. The van der Waals surface area contributed by atoms with E-state index in [9.17, 15) is 18.0 Å². The maximum absolute atomic E-state index is 12.5. The van der Waals surface area contributed by atoms with Crippen molar-refractivity contribution in [1.82, 2.24) is 15.1 Å². The summed E-state index contributed by atoms with van der Waals surface area (Å²) in [5, 5.41) is 9.60. The zero-order chi connectivity index (χ0) is 20.7. The summed E-state index contributed by atoms with van der Waals surface area (Å²) in [6, 6.07) is 8.93. The minimum Gasteiger partial charge on any atom is -0.341 e. The molecule has 0 unspecified atom stereocenters. The lowest BCUT2D eigenvalue weighted by atomic mass is 10.1. The molecule has 2 N–H and O–H groups in total. The molecule has 0 spiro atoms. The Kier molecular flexibility index (Phi) is 5.05. The quantitative estimate of drug-likeness (QED) is 0.759. The molecule has 3 rings (SSSR count). The van der Waals surface area contributed by atoms with Crippen molar-refractivity contribution in [1.29, 1.82) is 0 Å². The van der Waals surface area contributed by atoms with E-state index in [1.807, 2.05) is 51.1 Å². The zero-order valence-corrected chi connectivity index (χ0v) is 17.1. The van der Waals surface area contributed by atoms with Crippen LogP contribution in [0.3, 0.4) is 0 Å². The average Bonchev–Trinajstić information content (AvgIpc) is 3.08. The van der Waals surface area contributed by atoms with Gasteiger partial charge < -0.3 is 10.6 Å². The highest BCUT2D eigenvalue weighted by molar-refractivity contribution is 7.90. The molecule has 1 aliphatic rings. The summed E-state index contributed by atoms with van der Waals surface area (Å²) < 4.78 is 25.5. The number of benzene rings is 1. The van der Waals surface area contributed by atoms with Crippen molar-refractivity contribution in [2.24, 2.45) is 0 Å². The number of sulfone groups is 1. The molecule has 2 amide bonds. The summed E-state index contributed by atoms with van der Waals surface area (Å²) in [6.45, 7) is 7.44. The molecule has 150 valence electrons. The third kappa shape index (κ3) is 4.09. The number of nitrogens with one attached hydrogen (secondary N) is 2. The number of amides is 2. The summed E-state index contributed by atoms with van der Waals surface area (Å²) in [5.41, 5.74) is 1.25. The Morgan fingerprint density at radius 2 is 1.75 bits per heavy atom. The molecule has 0 bridgehead atoms. The molecule has 0 aliphatic carbocycles. The van der Waals surface area contributed by atoms with E-state index in [1.54, 1.807) is 11.6 Å². The molecule has 2 heterocycles. The van der Waals surface area contributed by atoms with Gasteiger partial charge in [-0.3, -0.25) is 9.59 Å². The van der Waals surface area contributed by atoms with E-state index < -0.39 is 27.2 Å². The van der Waals surface area contributed by atoms with Crippen molar-refractivity contribution >= 4 is 27.5 Å². The molecule has 8 nitrogen and oxygen atoms in total. The molecule has 0 saturated heterocycles. The van der Waals surface area contributed by atoms with E-state index in [2.05, 4.69) is 15.7 Å². The smallest absolute Gasteiger partial charge is 0.314 e. The van der Waals surface area contributed by atoms with E-state index in [4.69, 9.17) is 0 Å². The topological polar surface area (TPSA) is 110 Å². The zero-order valence-electron chi connectivity index (χ0n) is 16.3. The van der Waals surface area contributed by atoms with Crippen LogP contribution in [0.15, 0.2) is 30.3 Å². The average molecular weight is 404 g/mol. The standard InChI is InChI=1S/C19H24N4O4S/c1-12(13-8-6-5-7-9-13)20-17(24)18(25)21-16-14-10-28(26,27)11-15(14)22-23(16)19(2,3)4/h5-9,12H,10-11H2,1-4H3,(H,20,24)(H,21,25)/t12-/m1/s1. The van der Waals surface area contributed by atoms with Crippen molar-refractivity contribution in [2.45, 2.75) is 50.8 Å². The second-order valence-corrected chi connectivity index (χ2v) is 10.0. The minimum absolute atomic E-state index is 0.161. The number of carbonyl (C=O) groups is 2. The third-order valence-corrected chi connectivity index (χ3v) is 5.95. The number of fused-ring (bicyclic) bond motifs is 1. The molecular weight excluding hydrogens is 380 g/mol. The first-order valence-electron chi connectivity index (χ1n) is 8.96. The van der Waals surface area contributed by atoms with Gasteiger partial charge in [0.05, 0.1) is 28.8 Å². The van der Waals surface area contributed by atoms with Crippen LogP contribution in [0, 0.1) is 0 Å². The normalized spacial score (nSPS) is 16.3. The molecule has 1 aromatic carbocycles. The fourth-order valence-corrected chi connectivity index (χ4v) is 4.60. The molecule has 2 aromatic rings. The Morgan fingerprint density at radius 1 is 1.11 bits per heavy atom. The molecule has 0 saturated carbocycles. The van der Waals surface area contributed by atoms with Crippen molar-refractivity contribution in [3.63, 3.8) is 0 Å². The molecule has 1 atom stereocenters. The summed E-state index contributed by atoms with van der Waals surface area (Å²) >= 11 is 0. The molecule has 1 aromatic heterocycles. The Hall–Kier alpha value is -2.68. The monoisotopic (exact) mass is 404 g/mol. The van der Waals surface area contributed by atoms with Crippen LogP contribution in [0.5, 0.6) is 0 Å². The molecular formula is C19H24N4O4S. The number of hydrogen-bond donors (Lipinski definition) is 2. The highest BCUT2D eigenvalue weighted by Gasteiger charge is 2.35. The summed E-state index contributed by atoms with van der Waals surface area (Å²) in [4.78, 5) is 24.9. The fraction of sp³-hybridized carbons (Fsp3) is 0.421. The lowest BCUT2D eigenvalue weighted by Gasteiger charge is -2.23. The van der Waals surface area contributed by atoms with E-state index in [0.29, 0.717) is 11.3 Å². The van der Waals surface area contributed by atoms with Gasteiger partial charge in [0.2, 0.25) is 0 Å². The molecule has 28 heavy (non-hydrogen) atoms. The van der Waals surface area contributed by atoms with Gasteiger partial charge in [0, 0.05) is 5.56 Å². The van der Waals surface area contributed by atoms with Crippen LogP contribution in [0.25, 0.3) is 0 Å². The first kappa shape index (κ1) is 20.1. The van der Waals surface area contributed by atoms with Gasteiger partial charge in [-0.1, -0.05) is 30.3 Å². The van der Waals surface area contributed by atoms with Crippen molar-refractivity contribution in [3.8, 4) is 0 Å². The number of nitrogens with zero attached hydrogens (tertiary/aromatic N) is 2. The Labute approximate surface area is 164 Å². The van der Waals surface area contributed by atoms with Crippen LogP contribution >= 0.6 is 0 Å². The number of anilines is 1. The van der Waals surface area contributed by atoms with Crippen LogP contribution in [0.2, 0.25) is 0 Å². The van der Waals surface area contributed by atoms with Gasteiger partial charge in [-0.25, -0.2) is 13.1 Å². The van der Waals surface area contributed by atoms with Gasteiger partial charge in [0.1, 0.15) is 5.82 Å². The highest BCUT2D eigenvalue weighted by atomic mass is 32.2. The first-order valence-corrected chi connectivity index (χ1v) is 10.8. The van der Waals surface area contributed by atoms with Crippen LogP contribution in [0.1, 0.15) is 50.6 Å². The predicted molar refractivity (Wildman–Crippen MR) is 105 cm³/mol. The summed E-state index contributed by atoms with van der Waals surface area (Å²) in [6.07, 6.45) is 0. The van der Waals surface area contributed by atoms with Gasteiger partial charge in [0.25, 0.3) is 0 Å². The van der Waals surface area contributed by atoms with E-state index in [0.717, 1.165) is 5.56 Å². The van der Waals surface area contributed by atoms with Gasteiger partial charge in [-0.15, -0.1) is 0 Å². The first-order chi connectivity index (χ1) is 13.0. The second kappa shape index (κ2) is 7.05. The Morgan fingerprint density at radius 3 is 2.36 bits per heavy atom. The lowest BCUT2D eigenvalue weighted by molar-refractivity contribution is -0.136. The van der Waals surface area contributed by atoms with Gasteiger partial charge in [-0.05, 0) is 33.3 Å². The Bertz CT molecular complexity index is 1020. The summed E-state index contributed by atoms with van der Waals surface area (Å²) in [5.74, 6) is -1.76. The molecule has 0 radical (unpaired) electrons. The van der Waals surface area contributed by atoms with Gasteiger partial charge >= 0.3 is 11.8 Å². The van der Waals surface area contributed by atoms with Crippen molar-refractivity contribution < 1.29 is 18.0 Å². The fourth-order valence-electron chi connectivity index (χ4n) is 3.11. The van der Waals surface area contributed by atoms with E-state index >= 15 is 0 Å². The summed E-state index contributed by atoms with van der Waals surface area (Å²) in [7, 11) is -3.29. The van der Waals surface area contributed by atoms with Crippen LogP contribution in [-0.2, 0) is 36.5 Å². The highest BCUT2D eigenvalue weighted by Crippen LogP contribution is 2.34. The number of rotatable bonds is 3. The number of aromatic nitrogens is 2. The predicted octanol–water partition coefficient (Wildman–Crippen LogP) is 1.88. The molecule has 9 heteroatoms. The lowest BCUT2D eigenvalue weighted by Crippen LogP contribution is -2.38. The minimum atomic E-state index is -3.29. The SMILES string of the molecule is C[C@@H](NC(=O)C(=O)Nc1c2c(nn1C(C)(C)C)CS(=O)(=O)C2)c1ccccc1. The van der Waals surface area contributed by atoms with Crippen LogP contribution in [0.4, 0.5) is 5.82 Å². The van der Waals surface area contributed by atoms with Crippen LogP contribution in [-0.4, -0.2) is 30.0 Å². The largest absolute Gasteiger partial charge is 0.341 e. The second-order valence-electron chi connectivity index (χ2n) is 7.95. The maximum atomic E-state index is 12.5. The number of carbonyl (C=O) groups excluding carboxylic acids is 2. The van der Waals surface area contributed by atoms with E-state index in [1.165, 1.54) is 0 Å². The molecule has 0 fully saturated rings. The van der Waals surface area contributed by atoms with Crippen LogP contribution < -0.4 is 10.6 Å². The third-order valence-electron chi connectivity index (χ3n) is 4.51.